The first-order valence-corrected chi connectivity index (χ1v) is 5.91. The SMILES string of the molecule is COc1cc(OC)cc(OCc2cccc(N)c2)c1. The highest BCUT2D eigenvalue weighted by Crippen LogP contribution is 2.28. The molecule has 4 nitrogen and oxygen atoms in total. The first kappa shape index (κ1) is 13.1. The number of hydrogen-bond acceptors (Lipinski definition) is 4. The molecule has 0 saturated carbocycles. The number of nitrogen functional groups attached to an aromatic ring is 1. The predicted octanol–water partition coefficient (Wildman–Crippen LogP) is 2.87. The summed E-state index contributed by atoms with van der Waals surface area (Å²) in [6.07, 6.45) is 0. The molecule has 0 fully saturated rings. The lowest BCUT2D eigenvalue weighted by Crippen LogP contribution is -1.97. The molecule has 0 aliphatic rings. The molecule has 0 unspecified atom stereocenters. The van der Waals surface area contributed by atoms with Crippen LogP contribution < -0.4 is 19.9 Å². The largest absolute Gasteiger partial charge is 0.496 e. The Morgan fingerprint density at radius 3 is 2.11 bits per heavy atom. The molecule has 2 aromatic carbocycles. The molecule has 0 heterocycles. The molecule has 0 bridgehead atoms. The van der Waals surface area contributed by atoms with Crippen molar-refractivity contribution in [3.8, 4) is 17.2 Å². The molecule has 100 valence electrons. The second-order valence-electron chi connectivity index (χ2n) is 4.08. The van der Waals surface area contributed by atoms with Crippen LogP contribution in [0.2, 0.25) is 0 Å². The Hall–Kier alpha value is -2.36. The van der Waals surface area contributed by atoms with E-state index >= 15 is 0 Å². The Morgan fingerprint density at radius 2 is 1.53 bits per heavy atom. The number of hydrogen-bond donors (Lipinski definition) is 1. The molecule has 0 aliphatic heterocycles. The Morgan fingerprint density at radius 1 is 0.895 bits per heavy atom. The van der Waals surface area contributed by atoms with Gasteiger partial charge in [0.05, 0.1) is 14.2 Å². The maximum Gasteiger partial charge on any atom is 0.127 e. The Balaban J connectivity index is 2.10. The van der Waals surface area contributed by atoms with Crippen LogP contribution in [-0.4, -0.2) is 14.2 Å². The summed E-state index contributed by atoms with van der Waals surface area (Å²) in [4.78, 5) is 0. The fourth-order valence-electron chi connectivity index (χ4n) is 1.71. The van der Waals surface area contributed by atoms with Crippen molar-refractivity contribution < 1.29 is 14.2 Å². The Bertz CT molecular complexity index is 533. The van der Waals surface area contributed by atoms with E-state index in [2.05, 4.69) is 0 Å². The van der Waals surface area contributed by atoms with Crippen LogP contribution in [0.5, 0.6) is 17.2 Å². The van der Waals surface area contributed by atoms with Gasteiger partial charge in [-0.3, -0.25) is 0 Å². The van der Waals surface area contributed by atoms with Gasteiger partial charge in [0, 0.05) is 23.9 Å². The van der Waals surface area contributed by atoms with Crippen LogP contribution in [0.3, 0.4) is 0 Å². The van der Waals surface area contributed by atoms with Gasteiger partial charge in [0.2, 0.25) is 0 Å². The fraction of sp³-hybridized carbons (Fsp3) is 0.200. The topological polar surface area (TPSA) is 53.7 Å². The first-order chi connectivity index (χ1) is 9.21. The Kier molecular flexibility index (Phi) is 4.13. The molecule has 2 rings (SSSR count). The summed E-state index contributed by atoms with van der Waals surface area (Å²) in [5.74, 6) is 2.09. The molecule has 0 saturated heterocycles. The highest BCUT2D eigenvalue weighted by Gasteiger charge is 2.03. The number of methoxy groups -OCH3 is 2. The molecule has 0 amide bonds. The van der Waals surface area contributed by atoms with Crippen LogP contribution in [0, 0.1) is 0 Å². The fourth-order valence-corrected chi connectivity index (χ4v) is 1.71. The van der Waals surface area contributed by atoms with Crippen LogP contribution in [0.15, 0.2) is 42.5 Å². The first-order valence-electron chi connectivity index (χ1n) is 5.91. The summed E-state index contributed by atoms with van der Waals surface area (Å²) in [6.45, 7) is 0.446. The van der Waals surface area contributed by atoms with Crippen LogP contribution in [0.4, 0.5) is 5.69 Å². The summed E-state index contributed by atoms with van der Waals surface area (Å²) in [5, 5.41) is 0. The van der Waals surface area contributed by atoms with Gasteiger partial charge in [0.15, 0.2) is 0 Å². The molecule has 0 atom stereocenters. The Labute approximate surface area is 112 Å². The van der Waals surface area contributed by atoms with E-state index < -0.39 is 0 Å². The number of benzene rings is 2. The molecule has 0 spiro atoms. The average molecular weight is 259 g/mol. The van der Waals surface area contributed by atoms with Crippen molar-refractivity contribution in [3.05, 3.63) is 48.0 Å². The van der Waals surface area contributed by atoms with Gasteiger partial charge in [0.25, 0.3) is 0 Å². The minimum Gasteiger partial charge on any atom is -0.496 e. The summed E-state index contributed by atoms with van der Waals surface area (Å²) in [7, 11) is 3.22. The van der Waals surface area contributed by atoms with Gasteiger partial charge in [-0.15, -0.1) is 0 Å². The molecule has 0 aliphatic carbocycles. The normalized spacial score (nSPS) is 10.0. The van der Waals surface area contributed by atoms with Gasteiger partial charge >= 0.3 is 0 Å². The summed E-state index contributed by atoms with van der Waals surface area (Å²) >= 11 is 0. The number of anilines is 1. The highest BCUT2D eigenvalue weighted by molar-refractivity contribution is 5.43. The van der Waals surface area contributed by atoms with Crippen LogP contribution in [0.1, 0.15) is 5.56 Å². The van der Waals surface area contributed by atoms with Gasteiger partial charge in [-0.05, 0) is 17.7 Å². The summed E-state index contributed by atoms with van der Waals surface area (Å²) in [5.41, 5.74) is 7.47. The molecule has 4 heteroatoms. The highest BCUT2D eigenvalue weighted by atomic mass is 16.5. The minimum atomic E-state index is 0.446. The lowest BCUT2D eigenvalue weighted by Gasteiger charge is -2.10. The molecule has 19 heavy (non-hydrogen) atoms. The van der Waals surface area contributed by atoms with E-state index in [4.69, 9.17) is 19.9 Å². The van der Waals surface area contributed by atoms with E-state index in [1.54, 1.807) is 20.3 Å². The number of rotatable bonds is 5. The van der Waals surface area contributed by atoms with Gasteiger partial charge in [0.1, 0.15) is 23.9 Å². The molecule has 2 aromatic rings. The zero-order valence-corrected chi connectivity index (χ0v) is 11.1. The van der Waals surface area contributed by atoms with Crippen LogP contribution in [-0.2, 0) is 6.61 Å². The van der Waals surface area contributed by atoms with E-state index in [1.165, 1.54) is 0 Å². The third-order valence-electron chi connectivity index (χ3n) is 2.68. The third kappa shape index (κ3) is 3.55. The lowest BCUT2D eigenvalue weighted by molar-refractivity contribution is 0.300. The van der Waals surface area contributed by atoms with Gasteiger partial charge in [-0.25, -0.2) is 0 Å². The average Bonchev–Trinajstić information content (AvgIpc) is 2.44. The second kappa shape index (κ2) is 6.00. The van der Waals surface area contributed by atoms with E-state index in [1.807, 2.05) is 36.4 Å². The minimum absolute atomic E-state index is 0.446. The van der Waals surface area contributed by atoms with Gasteiger partial charge in [-0.1, -0.05) is 12.1 Å². The van der Waals surface area contributed by atoms with Crippen molar-refractivity contribution in [3.63, 3.8) is 0 Å². The van der Waals surface area contributed by atoms with E-state index in [0.717, 1.165) is 11.3 Å². The van der Waals surface area contributed by atoms with Gasteiger partial charge < -0.3 is 19.9 Å². The standard InChI is InChI=1S/C15H17NO3/c1-17-13-7-14(18-2)9-15(8-13)19-10-11-4-3-5-12(16)6-11/h3-9H,10,16H2,1-2H3. The maximum atomic E-state index is 5.72. The predicted molar refractivity (Wildman–Crippen MR) is 74.7 cm³/mol. The lowest BCUT2D eigenvalue weighted by atomic mass is 10.2. The van der Waals surface area contributed by atoms with Crippen molar-refractivity contribution in [2.45, 2.75) is 6.61 Å². The summed E-state index contributed by atoms with van der Waals surface area (Å²) < 4.78 is 16.1. The number of ether oxygens (including phenoxy) is 3. The van der Waals surface area contributed by atoms with Crippen LogP contribution >= 0.6 is 0 Å². The van der Waals surface area contributed by atoms with Crippen molar-refractivity contribution >= 4 is 5.69 Å². The molecule has 2 N–H and O–H groups in total. The van der Waals surface area contributed by atoms with Gasteiger partial charge in [-0.2, -0.15) is 0 Å². The molecular formula is C15H17NO3. The zero-order valence-electron chi connectivity index (χ0n) is 11.1. The third-order valence-corrected chi connectivity index (χ3v) is 2.68. The van der Waals surface area contributed by atoms with Crippen molar-refractivity contribution in [2.75, 3.05) is 20.0 Å². The molecule has 0 radical (unpaired) electrons. The van der Waals surface area contributed by atoms with Crippen molar-refractivity contribution in [1.29, 1.82) is 0 Å². The quantitative estimate of drug-likeness (QED) is 0.839. The van der Waals surface area contributed by atoms with Crippen molar-refractivity contribution in [1.82, 2.24) is 0 Å². The van der Waals surface area contributed by atoms with E-state index in [-0.39, 0.29) is 0 Å². The van der Waals surface area contributed by atoms with E-state index in [0.29, 0.717) is 23.9 Å². The summed E-state index contributed by atoms with van der Waals surface area (Å²) in [6, 6.07) is 13.0. The van der Waals surface area contributed by atoms with Crippen LogP contribution in [0.25, 0.3) is 0 Å². The van der Waals surface area contributed by atoms with Crippen molar-refractivity contribution in [2.24, 2.45) is 0 Å². The van der Waals surface area contributed by atoms with E-state index in [9.17, 15) is 0 Å². The second-order valence-corrected chi connectivity index (χ2v) is 4.08. The monoisotopic (exact) mass is 259 g/mol. The maximum absolute atomic E-state index is 5.72. The number of nitrogens with two attached hydrogens (primary N) is 1. The smallest absolute Gasteiger partial charge is 0.127 e. The molecule has 0 aromatic heterocycles. The molecular weight excluding hydrogens is 242 g/mol. The zero-order chi connectivity index (χ0) is 13.7.